The molecule has 4 heterocycles. The van der Waals surface area contributed by atoms with Crippen molar-refractivity contribution in [2.75, 3.05) is 32.8 Å². The molecule has 1 amide bonds. The Balaban J connectivity index is 1.07. The van der Waals surface area contributed by atoms with Crippen LogP contribution < -0.4 is 14.8 Å². The number of nitrogens with one attached hydrogen (secondary N) is 1. The van der Waals surface area contributed by atoms with E-state index in [9.17, 15) is 4.79 Å². The van der Waals surface area contributed by atoms with Gasteiger partial charge in [-0.25, -0.2) is 15.0 Å². The molecule has 4 atom stereocenters. The number of amides is 1. The fourth-order valence-corrected chi connectivity index (χ4v) is 15.6. The van der Waals surface area contributed by atoms with Gasteiger partial charge in [-0.15, -0.1) is 0 Å². The Morgan fingerprint density at radius 1 is 0.867 bits per heavy atom. The van der Waals surface area contributed by atoms with E-state index in [1.165, 1.54) is 25.6 Å². The van der Waals surface area contributed by atoms with E-state index >= 15 is 0 Å². The first kappa shape index (κ1) is 40.7. The van der Waals surface area contributed by atoms with Gasteiger partial charge in [0.05, 0.1) is 39.9 Å². The van der Waals surface area contributed by atoms with Gasteiger partial charge in [0.2, 0.25) is 5.69 Å². The summed E-state index contributed by atoms with van der Waals surface area (Å²) in [5.41, 5.74) is 0.320. The molecule has 310 valence electrons. The summed E-state index contributed by atoms with van der Waals surface area (Å²) in [5, 5.41) is 2.91. The Hall–Kier alpha value is -4.66. The molecule has 2 saturated heterocycles. The van der Waals surface area contributed by atoms with Crippen LogP contribution in [0, 0.1) is 0 Å². The SMILES string of the molecule is COc1ccc(C(OC[C@H]2O[C@@H](n3cnc4c(NC(=O)c5ccccc5)ncnc43)C[C@@H]2OP2(=S)OCC3(CCCCC3)S2)(c2ccccc2)c2ccc(OC)cc2)cc1. The molecule has 6 aromatic rings. The molecule has 0 bridgehead atoms. The molecule has 1 N–H and O–H groups in total. The number of hydrogen-bond donors (Lipinski definition) is 1. The molecule has 15 heteroatoms. The predicted octanol–water partition coefficient (Wildman–Crippen LogP) is 9.47. The number of rotatable bonds is 13. The minimum absolute atomic E-state index is 0.0120. The van der Waals surface area contributed by atoms with Crippen molar-refractivity contribution in [2.24, 2.45) is 0 Å². The lowest BCUT2D eigenvalue weighted by atomic mass is 9.80. The van der Waals surface area contributed by atoms with Gasteiger partial charge in [0.1, 0.15) is 35.8 Å². The molecule has 9 rings (SSSR count). The van der Waals surface area contributed by atoms with Gasteiger partial charge >= 0.3 is 0 Å². The fourth-order valence-electron chi connectivity index (χ4n) is 8.47. The van der Waals surface area contributed by atoms with Gasteiger partial charge in [0.25, 0.3) is 5.91 Å². The van der Waals surface area contributed by atoms with E-state index in [-0.39, 0.29) is 17.3 Å². The van der Waals surface area contributed by atoms with Crippen LogP contribution in [0.1, 0.15) is 71.8 Å². The highest BCUT2D eigenvalue weighted by atomic mass is 32.9. The van der Waals surface area contributed by atoms with E-state index in [4.69, 9.17) is 39.8 Å². The van der Waals surface area contributed by atoms with Crippen LogP contribution in [0.4, 0.5) is 5.82 Å². The maximum atomic E-state index is 13.1. The van der Waals surface area contributed by atoms with Crippen LogP contribution >= 0.6 is 17.1 Å². The van der Waals surface area contributed by atoms with E-state index in [2.05, 4.69) is 32.4 Å². The molecule has 1 spiro atoms. The third-order valence-electron chi connectivity index (χ3n) is 11.6. The van der Waals surface area contributed by atoms with Crippen LogP contribution in [0.5, 0.6) is 11.5 Å². The maximum Gasteiger partial charge on any atom is 0.256 e. The van der Waals surface area contributed by atoms with E-state index in [0.29, 0.717) is 35.6 Å². The quantitative estimate of drug-likeness (QED) is 0.0878. The van der Waals surface area contributed by atoms with Gasteiger partial charge in [-0.2, -0.15) is 0 Å². The van der Waals surface area contributed by atoms with Gasteiger partial charge in [-0.3, -0.25) is 9.36 Å². The molecular weight excluding hydrogens is 818 g/mol. The van der Waals surface area contributed by atoms with Gasteiger partial charge in [0, 0.05) is 16.7 Å². The number of imidazole rings is 1. The summed E-state index contributed by atoms with van der Waals surface area (Å²) in [6.45, 7) is 0.721. The summed E-state index contributed by atoms with van der Waals surface area (Å²) in [6.07, 6.45) is 7.57. The zero-order valence-electron chi connectivity index (χ0n) is 33.3. The van der Waals surface area contributed by atoms with Crippen molar-refractivity contribution in [2.45, 2.75) is 67.3 Å². The fraction of sp³-hybridized carbons (Fsp3) is 0.333. The summed E-state index contributed by atoms with van der Waals surface area (Å²) < 4.78 is 40.8. The first-order valence-electron chi connectivity index (χ1n) is 20.1. The molecule has 1 aliphatic carbocycles. The molecule has 3 aliphatic rings. The zero-order valence-corrected chi connectivity index (χ0v) is 35.9. The highest BCUT2D eigenvalue weighted by Gasteiger charge is 2.50. The summed E-state index contributed by atoms with van der Waals surface area (Å²) in [7, 11) is 3.31. The third-order valence-corrected chi connectivity index (χ3v) is 17.3. The first-order chi connectivity index (χ1) is 29.3. The average molecular weight is 864 g/mol. The van der Waals surface area contributed by atoms with Crippen molar-refractivity contribution in [3.05, 3.63) is 144 Å². The van der Waals surface area contributed by atoms with Crippen LogP contribution in [-0.4, -0.2) is 69.8 Å². The third kappa shape index (κ3) is 8.10. The van der Waals surface area contributed by atoms with Gasteiger partial charge in [-0.1, -0.05) is 103 Å². The summed E-state index contributed by atoms with van der Waals surface area (Å²) in [4.78, 5) is 26.8. The number of carbonyl (C=O) groups is 1. The molecule has 0 radical (unpaired) electrons. The lowest BCUT2D eigenvalue weighted by Gasteiger charge is -2.37. The lowest BCUT2D eigenvalue weighted by molar-refractivity contribution is -0.0900. The minimum atomic E-state index is -2.76. The summed E-state index contributed by atoms with van der Waals surface area (Å²) in [6, 6.07) is 35.0. The van der Waals surface area contributed by atoms with Gasteiger partial charge in [0.15, 0.2) is 17.0 Å². The first-order valence-corrected chi connectivity index (χ1v) is 24.2. The van der Waals surface area contributed by atoms with Crippen LogP contribution in [0.2, 0.25) is 0 Å². The van der Waals surface area contributed by atoms with E-state index in [1.54, 1.807) is 44.1 Å². The smallest absolute Gasteiger partial charge is 0.256 e. The Kier molecular flexibility index (Phi) is 11.8. The number of anilines is 1. The molecule has 2 aromatic heterocycles. The predicted molar refractivity (Wildman–Crippen MR) is 235 cm³/mol. The second-order valence-corrected chi connectivity index (χ2v) is 21.8. The molecule has 4 aromatic carbocycles. The van der Waals surface area contributed by atoms with Crippen LogP contribution in [-0.2, 0) is 35.9 Å². The Labute approximate surface area is 358 Å². The molecule has 3 fully saturated rings. The normalized spacial score (nSPS) is 22.5. The van der Waals surface area contributed by atoms with Gasteiger partial charge < -0.3 is 33.3 Å². The Bertz CT molecular complexity index is 2420. The van der Waals surface area contributed by atoms with Crippen molar-refractivity contribution < 1.29 is 32.8 Å². The largest absolute Gasteiger partial charge is 0.497 e. The van der Waals surface area contributed by atoms with E-state index in [1.807, 2.05) is 89.5 Å². The number of nitrogens with zero attached hydrogens (tertiary/aromatic N) is 4. The molecule has 60 heavy (non-hydrogen) atoms. The van der Waals surface area contributed by atoms with Crippen molar-refractivity contribution in [1.82, 2.24) is 19.5 Å². The number of fused-ring (bicyclic) bond motifs is 1. The van der Waals surface area contributed by atoms with Crippen LogP contribution in [0.25, 0.3) is 11.2 Å². The number of ether oxygens (including phenoxy) is 4. The van der Waals surface area contributed by atoms with Crippen molar-refractivity contribution in [3.63, 3.8) is 0 Å². The number of methoxy groups -OCH3 is 2. The standard InChI is InChI=1S/C45H46N5O7PS2/c1-52-35-20-16-33(17-21-35)45(32-14-8-4-9-15-32,34-18-22-36(53-2)23-19-34)54-27-38-37(57-58(59)55-28-44(60-58)24-10-5-11-25-44)26-39(56-38)50-30-48-40-41(46-29-47-42(40)50)49-43(51)31-12-6-3-7-13-31/h3-4,6-9,12-23,29-30,37-39H,5,10-11,24-28H2,1-2H3,(H,46,47,49,51)/t37-,38+,39+,58?/m0/s1. The summed E-state index contributed by atoms with van der Waals surface area (Å²) >= 11 is 8.02. The number of carbonyl (C=O) groups excluding carboxylic acids is 1. The highest BCUT2D eigenvalue weighted by Crippen LogP contribution is 2.74. The lowest BCUT2D eigenvalue weighted by Crippen LogP contribution is -2.38. The van der Waals surface area contributed by atoms with Crippen molar-refractivity contribution in [1.29, 1.82) is 0 Å². The van der Waals surface area contributed by atoms with Crippen molar-refractivity contribution in [3.8, 4) is 11.5 Å². The molecule has 1 saturated carbocycles. The van der Waals surface area contributed by atoms with Crippen LogP contribution in [0.15, 0.2) is 122 Å². The second-order valence-electron chi connectivity index (χ2n) is 15.2. The zero-order chi connectivity index (χ0) is 41.2. The highest BCUT2D eigenvalue weighted by molar-refractivity contribution is 8.68. The van der Waals surface area contributed by atoms with E-state index in [0.717, 1.165) is 41.0 Å². The van der Waals surface area contributed by atoms with Gasteiger partial charge in [-0.05, 0) is 77.7 Å². The molecule has 12 nitrogen and oxygen atoms in total. The summed E-state index contributed by atoms with van der Waals surface area (Å²) in [5.74, 6) is 1.46. The number of benzene rings is 4. The number of hydrogen-bond acceptors (Lipinski definition) is 12. The van der Waals surface area contributed by atoms with Crippen LogP contribution in [0.3, 0.4) is 0 Å². The van der Waals surface area contributed by atoms with E-state index < -0.39 is 29.7 Å². The topological polar surface area (TPSA) is 128 Å². The second kappa shape index (κ2) is 17.4. The maximum absolute atomic E-state index is 13.1. The van der Waals surface area contributed by atoms with Crippen molar-refractivity contribution >= 4 is 51.8 Å². The number of aromatic nitrogens is 4. The average Bonchev–Trinajstić information content (AvgIpc) is 4.00. The molecule has 1 unspecified atom stereocenters. The Morgan fingerprint density at radius 3 is 2.15 bits per heavy atom. The minimum Gasteiger partial charge on any atom is -0.497 e. The Morgan fingerprint density at radius 2 is 1.50 bits per heavy atom. The molecule has 2 aliphatic heterocycles. The monoisotopic (exact) mass is 863 g/mol. The molecular formula is C45H46N5O7PS2.